The molecule has 0 saturated carbocycles. The Bertz CT molecular complexity index is 497. The molecule has 6 heteroatoms. The molecular weight excluding hydrogens is 249 g/mol. The van der Waals surface area contributed by atoms with Crippen molar-refractivity contribution in [2.24, 2.45) is 0 Å². The van der Waals surface area contributed by atoms with Crippen molar-refractivity contribution >= 4 is 11.4 Å². The number of piperidine rings is 1. The number of hydrogen-bond donors (Lipinski definition) is 2. The molecule has 1 aromatic carbocycles. The Hall–Kier alpha value is -1.69. The van der Waals surface area contributed by atoms with Crippen LogP contribution in [0.3, 0.4) is 0 Å². The number of nitrogens with zero attached hydrogens (tertiary/aromatic N) is 1. The third-order valence-electron chi connectivity index (χ3n) is 4.00. The molecule has 2 atom stereocenters. The lowest BCUT2D eigenvalue weighted by Gasteiger charge is -2.30. The fourth-order valence-electron chi connectivity index (χ4n) is 3.21. The average Bonchev–Trinajstić information content (AvgIpc) is 2.68. The van der Waals surface area contributed by atoms with Gasteiger partial charge in [-0.3, -0.25) is 10.1 Å². The predicted octanol–water partition coefficient (Wildman–Crippen LogP) is 2.43. The van der Waals surface area contributed by atoms with E-state index in [0.29, 0.717) is 12.1 Å². The highest BCUT2D eigenvalue weighted by atomic mass is 19.1. The molecule has 0 aromatic heterocycles. The van der Waals surface area contributed by atoms with Crippen molar-refractivity contribution in [3.05, 3.63) is 34.1 Å². The topological polar surface area (TPSA) is 67.2 Å². The Kier molecular flexibility index (Phi) is 3.10. The van der Waals surface area contributed by atoms with E-state index in [0.717, 1.165) is 31.7 Å². The van der Waals surface area contributed by atoms with Gasteiger partial charge in [-0.15, -0.1) is 0 Å². The minimum Gasteiger partial charge on any atom is -0.377 e. The van der Waals surface area contributed by atoms with Crippen LogP contribution in [0.5, 0.6) is 0 Å². The van der Waals surface area contributed by atoms with Crippen LogP contribution in [0, 0.1) is 15.9 Å². The molecule has 5 nitrogen and oxygen atoms in total. The maximum atomic E-state index is 13.5. The van der Waals surface area contributed by atoms with E-state index in [-0.39, 0.29) is 11.7 Å². The van der Waals surface area contributed by atoms with Crippen molar-refractivity contribution < 1.29 is 9.31 Å². The van der Waals surface area contributed by atoms with Crippen molar-refractivity contribution in [3.8, 4) is 0 Å². The van der Waals surface area contributed by atoms with Gasteiger partial charge in [0.2, 0.25) is 5.82 Å². The van der Waals surface area contributed by atoms with Crippen LogP contribution in [0.1, 0.15) is 25.7 Å². The number of hydrogen-bond acceptors (Lipinski definition) is 4. The van der Waals surface area contributed by atoms with Gasteiger partial charge in [-0.05, 0) is 37.8 Å². The van der Waals surface area contributed by atoms with Gasteiger partial charge in [0, 0.05) is 18.1 Å². The third kappa shape index (κ3) is 2.40. The fourth-order valence-corrected chi connectivity index (χ4v) is 3.21. The minimum atomic E-state index is -0.785. The predicted molar refractivity (Wildman–Crippen MR) is 69.6 cm³/mol. The maximum absolute atomic E-state index is 13.5. The van der Waals surface area contributed by atoms with E-state index >= 15 is 0 Å². The summed E-state index contributed by atoms with van der Waals surface area (Å²) < 4.78 is 13.5. The van der Waals surface area contributed by atoms with Gasteiger partial charge in [0.15, 0.2) is 0 Å². The fraction of sp³-hybridized carbons (Fsp3) is 0.538. The first kappa shape index (κ1) is 12.3. The van der Waals surface area contributed by atoms with Crippen molar-refractivity contribution in [2.75, 3.05) is 5.32 Å². The number of fused-ring (bicyclic) bond motifs is 2. The zero-order chi connectivity index (χ0) is 13.4. The number of nitro groups is 1. The van der Waals surface area contributed by atoms with Gasteiger partial charge < -0.3 is 10.6 Å². The van der Waals surface area contributed by atoms with Gasteiger partial charge in [0.1, 0.15) is 5.69 Å². The van der Waals surface area contributed by atoms with Crippen LogP contribution in [0.2, 0.25) is 0 Å². The molecule has 2 N–H and O–H groups in total. The minimum absolute atomic E-state index is 0.180. The van der Waals surface area contributed by atoms with Crippen molar-refractivity contribution in [3.63, 3.8) is 0 Å². The monoisotopic (exact) mass is 265 g/mol. The van der Waals surface area contributed by atoms with Gasteiger partial charge in [-0.1, -0.05) is 6.07 Å². The normalized spacial score (nSPS) is 29.2. The van der Waals surface area contributed by atoms with Gasteiger partial charge >= 0.3 is 5.69 Å². The van der Waals surface area contributed by atoms with E-state index in [9.17, 15) is 14.5 Å². The maximum Gasteiger partial charge on any atom is 0.327 e. The van der Waals surface area contributed by atoms with Crippen LogP contribution in [-0.4, -0.2) is 23.0 Å². The molecule has 102 valence electrons. The van der Waals surface area contributed by atoms with Crippen LogP contribution >= 0.6 is 0 Å². The van der Waals surface area contributed by atoms with Gasteiger partial charge in [-0.2, -0.15) is 4.39 Å². The van der Waals surface area contributed by atoms with E-state index in [4.69, 9.17) is 0 Å². The molecule has 3 rings (SSSR count). The van der Waals surface area contributed by atoms with Crippen LogP contribution in [0.15, 0.2) is 18.2 Å². The zero-order valence-corrected chi connectivity index (χ0v) is 10.4. The second-order valence-electron chi connectivity index (χ2n) is 5.34. The van der Waals surface area contributed by atoms with Crippen LogP contribution in [0.25, 0.3) is 0 Å². The summed E-state index contributed by atoms with van der Waals surface area (Å²) in [5.41, 5.74) is -0.162. The van der Waals surface area contributed by atoms with E-state index in [1.54, 1.807) is 6.07 Å². The number of nitrogens with one attached hydrogen (secondary N) is 2. The summed E-state index contributed by atoms with van der Waals surface area (Å²) in [6.07, 6.45) is 4.19. The van der Waals surface area contributed by atoms with E-state index in [1.165, 1.54) is 6.07 Å². The highest BCUT2D eigenvalue weighted by Gasteiger charge is 2.34. The summed E-state index contributed by atoms with van der Waals surface area (Å²) in [5.74, 6) is -0.785. The molecule has 2 aliphatic heterocycles. The van der Waals surface area contributed by atoms with Gasteiger partial charge in [0.05, 0.1) is 4.92 Å². The molecule has 2 aliphatic rings. The molecule has 2 heterocycles. The third-order valence-corrected chi connectivity index (χ3v) is 4.00. The number of halogens is 1. The molecule has 2 fully saturated rings. The summed E-state index contributed by atoms with van der Waals surface area (Å²) in [7, 11) is 0. The van der Waals surface area contributed by atoms with Crippen LogP contribution < -0.4 is 10.6 Å². The Morgan fingerprint density at radius 1 is 1.32 bits per heavy atom. The number of benzene rings is 1. The largest absolute Gasteiger partial charge is 0.377 e. The summed E-state index contributed by atoms with van der Waals surface area (Å²) in [6.45, 7) is 0. The Labute approximate surface area is 110 Å². The molecule has 2 saturated heterocycles. The highest BCUT2D eigenvalue weighted by molar-refractivity contribution is 5.62. The lowest BCUT2D eigenvalue weighted by atomic mass is 9.99. The number of nitro benzene ring substituents is 1. The molecule has 0 aliphatic carbocycles. The zero-order valence-electron chi connectivity index (χ0n) is 10.4. The Morgan fingerprint density at radius 2 is 2.00 bits per heavy atom. The molecule has 2 unspecified atom stereocenters. The Balaban J connectivity index is 1.80. The first-order valence-corrected chi connectivity index (χ1v) is 6.59. The Morgan fingerprint density at radius 3 is 2.63 bits per heavy atom. The lowest BCUT2D eigenvalue weighted by molar-refractivity contribution is -0.386. The number of anilines is 1. The summed E-state index contributed by atoms with van der Waals surface area (Å²) in [6, 6.07) is 5.35. The molecule has 1 aromatic rings. The molecule has 19 heavy (non-hydrogen) atoms. The molecule has 0 amide bonds. The van der Waals surface area contributed by atoms with Crippen molar-refractivity contribution in [1.29, 1.82) is 0 Å². The van der Waals surface area contributed by atoms with E-state index in [1.807, 2.05) is 0 Å². The highest BCUT2D eigenvalue weighted by Crippen LogP contribution is 2.32. The average molecular weight is 265 g/mol. The molecule has 2 bridgehead atoms. The van der Waals surface area contributed by atoms with Gasteiger partial charge in [0.25, 0.3) is 0 Å². The second kappa shape index (κ2) is 4.77. The first-order chi connectivity index (χ1) is 9.13. The second-order valence-corrected chi connectivity index (χ2v) is 5.34. The van der Waals surface area contributed by atoms with Crippen LogP contribution in [0.4, 0.5) is 15.8 Å². The van der Waals surface area contributed by atoms with Crippen molar-refractivity contribution in [1.82, 2.24) is 5.32 Å². The standard InChI is InChI=1S/C13H16FN3O2/c14-11-2-1-3-12(13(11)17(18)19)16-10-6-8-4-5-9(7-10)15-8/h1-3,8-10,15-16H,4-7H2. The first-order valence-electron chi connectivity index (χ1n) is 6.59. The van der Waals surface area contributed by atoms with Crippen LogP contribution in [-0.2, 0) is 0 Å². The smallest absolute Gasteiger partial charge is 0.327 e. The van der Waals surface area contributed by atoms with E-state index < -0.39 is 16.4 Å². The number of rotatable bonds is 3. The van der Waals surface area contributed by atoms with Crippen molar-refractivity contribution in [2.45, 2.75) is 43.8 Å². The summed E-state index contributed by atoms with van der Waals surface area (Å²) in [5, 5.41) is 17.6. The summed E-state index contributed by atoms with van der Waals surface area (Å²) >= 11 is 0. The van der Waals surface area contributed by atoms with E-state index in [2.05, 4.69) is 10.6 Å². The quantitative estimate of drug-likeness (QED) is 0.650. The SMILES string of the molecule is O=[N+]([O-])c1c(F)cccc1NC1CC2CCC(C1)N2. The number of para-hydroxylation sites is 1. The molecule has 0 spiro atoms. The molecule has 0 radical (unpaired) electrons. The van der Waals surface area contributed by atoms with Gasteiger partial charge in [-0.25, -0.2) is 0 Å². The summed E-state index contributed by atoms with van der Waals surface area (Å²) in [4.78, 5) is 10.3. The molecular formula is C13H16FN3O2. The lowest BCUT2D eigenvalue weighted by Crippen LogP contribution is -2.43.